The topological polar surface area (TPSA) is 52.7 Å². The van der Waals surface area contributed by atoms with E-state index in [1.165, 1.54) is 11.1 Å². The van der Waals surface area contributed by atoms with Crippen LogP contribution in [0.25, 0.3) is 0 Å². The molecule has 1 N–H and O–H groups in total. The zero-order valence-electron chi connectivity index (χ0n) is 15.1. The quantitative estimate of drug-likeness (QED) is 0.910. The molecule has 5 nitrogen and oxygen atoms in total. The van der Waals surface area contributed by atoms with Gasteiger partial charge in [-0.25, -0.2) is 0 Å². The largest absolute Gasteiger partial charge is 0.329 e. The zero-order chi connectivity index (χ0) is 17.6. The molecule has 25 heavy (non-hydrogen) atoms. The monoisotopic (exact) mass is 341 g/mol. The van der Waals surface area contributed by atoms with Crippen LogP contribution in [-0.2, 0) is 16.1 Å². The van der Waals surface area contributed by atoms with E-state index in [1.54, 1.807) is 0 Å². The molecule has 134 valence electrons. The average molecular weight is 341 g/mol. The number of rotatable bonds is 4. The number of piperazine rings is 1. The lowest BCUT2D eigenvalue weighted by Gasteiger charge is -2.38. The second-order valence-corrected chi connectivity index (χ2v) is 7.91. The first kappa shape index (κ1) is 16.6. The fraction of sp³-hybridized carbons (Fsp3) is 0.600. The number of nitrogens with zero attached hydrogens (tertiary/aromatic N) is 2. The highest BCUT2D eigenvalue weighted by atomic mass is 16.2. The minimum absolute atomic E-state index is 0.160. The van der Waals surface area contributed by atoms with Crippen LogP contribution in [0.2, 0.25) is 0 Å². The Hall–Kier alpha value is -1.88. The summed E-state index contributed by atoms with van der Waals surface area (Å²) >= 11 is 0. The number of nitrogens with one attached hydrogen (secondary N) is 1. The van der Waals surface area contributed by atoms with Crippen molar-refractivity contribution in [2.24, 2.45) is 0 Å². The Morgan fingerprint density at radius 1 is 1.08 bits per heavy atom. The summed E-state index contributed by atoms with van der Waals surface area (Å²) < 4.78 is 0. The summed E-state index contributed by atoms with van der Waals surface area (Å²) in [7, 11) is 0. The Kier molecular flexibility index (Phi) is 4.28. The van der Waals surface area contributed by atoms with Crippen molar-refractivity contribution >= 4 is 11.8 Å². The van der Waals surface area contributed by atoms with E-state index in [-0.39, 0.29) is 29.9 Å². The molecule has 3 saturated heterocycles. The van der Waals surface area contributed by atoms with Gasteiger partial charge in [-0.1, -0.05) is 38.1 Å². The van der Waals surface area contributed by atoms with Crippen molar-refractivity contribution in [3.8, 4) is 0 Å². The van der Waals surface area contributed by atoms with Crippen molar-refractivity contribution in [1.82, 2.24) is 15.1 Å². The van der Waals surface area contributed by atoms with Gasteiger partial charge < -0.3 is 15.1 Å². The van der Waals surface area contributed by atoms with Crippen LogP contribution in [0.1, 0.15) is 50.2 Å². The van der Waals surface area contributed by atoms with Gasteiger partial charge in [0.05, 0.1) is 0 Å². The highest BCUT2D eigenvalue weighted by Gasteiger charge is 2.51. The number of hydrogen-bond acceptors (Lipinski definition) is 3. The predicted octanol–water partition coefficient (Wildman–Crippen LogP) is 1.87. The fourth-order valence-corrected chi connectivity index (χ4v) is 4.41. The van der Waals surface area contributed by atoms with E-state index in [0.717, 1.165) is 32.4 Å². The van der Waals surface area contributed by atoms with E-state index in [4.69, 9.17) is 0 Å². The Bertz CT molecular complexity index is 640. The molecule has 0 radical (unpaired) electrons. The van der Waals surface area contributed by atoms with Crippen molar-refractivity contribution in [3.05, 3.63) is 35.4 Å². The van der Waals surface area contributed by atoms with E-state index in [1.807, 2.05) is 9.80 Å². The van der Waals surface area contributed by atoms with Crippen molar-refractivity contribution in [1.29, 1.82) is 0 Å². The molecular formula is C20H27N3O2. The molecule has 2 amide bonds. The summed E-state index contributed by atoms with van der Waals surface area (Å²) in [4.78, 5) is 29.0. The lowest BCUT2D eigenvalue weighted by atomic mass is 10.0. The van der Waals surface area contributed by atoms with Crippen LogP contribution in [0, 0.1) is 0 Å². The van der Waals surface area contributed by atoms with E-state index >= 15 is 0 Å². The van der Waals surface area contributed by atoms with Gasteiger partial charge in [0.15, 0.2) is 0 Å². The molecule has 0 bridgehead atoms. The summed E-state index contributed by atoms with van der Waals surface area (Å²) in [6.45, 7) is 6.57. The van der Waals surface area contributed by atoms with Crippen LogP contribution in [0.15, 0.2) is 24.3 Å². The van der Waals surface area contributed by atoms with Crippen molar-refractivity contribution < 1.29 is 9.59 Å². The van der Waals surface area contributed by atoms with Gasteiger partial charge >= 0.3 is 0 Å². The van der Waals surface area contributed by atoms with Gasteiger partial charge in [-0.05, 0) is 36.3 Å². The summed E-state index contributed by atoms with van der Waals surface area (Å²) in [5.74, 6) is 0.861. The van der Waals surface area contributed by atoms with Gasteiger partial charge in [0.25, 0.3) is 0 Å². The maximum Gasteiger partial charge on any atom is 0.246 e. The molecule has 5 heteroatoms. The first-order valence-electron chi connectivity index (χ1n) is 9.48. The lowest BCUT2D eigenvalue weighted by Crippen LogP contribution is -2.60. The van der Waals surface area contributed by atoms with Gasteiger partial charge in [-0.3, -0.25) is 9.59 Å². The molecule has 0 unspecified atom stereocenters. The summed E-state index contributed by atoms with van der Waals surface area (Å²) in [5, 5.41) is 3.55. The van der Waals surface area contributed by atoms with Crippen LogP contribution >= 0.6 is 0 Å². The van der Waals surface area contributed by atoms with E-state index in [0.29, 0.717) is 12.5 Å². The maximum atomic E-state index is 12.7. The van der Waals surface area contributed by atoms with Crippen LogP contribution < -0.4 is 5.32 Å². The van der Waals surface area contributed by atoms with Gasteiger partial charge in [0, 0.05) is 25.7 Å². The minimum Gasteiger partial charge on any atom is -0.329 e. The molecule has 3 fully saturated rings. The first-order chi connectivity index (χ1) is 12.0. The number of hydrogen-bond donors (Lipinski definition) is 1. The number of carbonyl (C=O) groups excluding carboxylic acids is 2. The van der Waals surface area contributed by atoms with Crippen molar-refractivity contribution in [2.75, 3.05) is 13.1 Å². The second-order valence-electron chi connectivity index (χ2n) is 7.91. The predicted molar refractivity (Wildman–Crippen MR) is 96.0 cm³/mol. The van der Waals surface area contributed by atoms with Crippen LogP contribution in [-0.4, -0.2) is 52.8 Å². The van der Waals surface area contributed by atoms with Crippen LogP contribution in [0.3, 0.4) is 0 Å². The normalized spacial score (nSPS) is 28.7. The lowest BCUT2D eigenvalue weighted by molar-refractivity contribution is -0.156. The van der Waals surface area contributed by atoms with Crippen LogP contribution in [0.4, 0.5) is 0 Å². The average Bonchev–Trinajstić information content (AvgIpc) is 3.26. The molecule has 0 aliphatic carbocycles. The highest BCUT2D eigenvalue weighted by molar-refractivity contribution is 5.98. The molecule has 0 aromatic heterocycles. The van der Waals surface area contributed by atoms with E-state index in [2.05, 4.69) is 43.4 Å². The Morgan fingerprint density at radius 3 is 2.52 bits per heavy atom. The SMILES string of the molecule is CC(C)c1ccc(CN[C@H]2C[C@H]3C(=O)N4CCC[C@@H]4C(=O)N3C2)cc1. The highest BCUT2D eigenvalue weighted by Crippen LogP contribution is 2.32. The number of amides is 2. The molecule has 1 aromatic rings. The summed E-state index contributed by atoms with van der Waals surface area (Å²) in [6.07, 6.45) is 2.52. The summed E-state index contributed by atoms with van der Waals surface area (Å²) in [6, 6.07) is 8.45. The minimum atomic E-state index is -0.248. The third-order valence-corrected chi connectivity index (χ3v) is 5.93. The smallest absolute Gasteiger partial charge is 0.246 e. The number of carbonyl (C=O) groups is 2. The maximum absolute atomic E-state index is 12.7. The first-order valence-corrected chi connectivity index (χ1v) is 9.48. The molecule has 0 spiro atoms. The second kappa shape index (κ2) is 6.45. The molecule has 0 saturated carbocycles. The van der Waals surface area contributed by atoms with Gasteiger partial charge in [-0.2, -0.15) is 0 Å². The van der Waals surface area contributed by atoms with Gasteiger partial charge in [0.1, 0.15) is 12.1 Å². The molecule has 3 heterocycles. The van der Waals surface area contributed by atoms with Crippen molar-refractivity contribution in [2.45, 2.75) is 63.7 Å². The van der Waals surface area contributed by atoms with Gasteiger partial charge in [0.2, 0.25) is 11.8 Å². The van der Waals surface area contributed by atoms with Gasteiger partial charge in [-0.15, -0.1) is 0 Å². The molecule has 3 aliphatic heterocycles. The van der Waals surface area contributed by atoms with Crippen LogP contribution in [0.5, 0.6) is 0 Å². The molecule has 3 atom stereocenters. The Balaban J connectivity index is 1.38. The zero-order valence-corrected chi connectivity index (χ0v) is 15.1. The standard InChI is InChI=1S/C20H27N3O2/c1-13(2)15-7-5-14(6-8-15)11-21-16-10-18-20(25)22-9-3-4-17(22)19(24)23(18)12-16/h5-8,13,16-18,21H,3-4,9-12H2,1-2H3/t16-,17+,18-/m0/s1. The Labute approximate surface area is 149 Å². The Morgan fingerprint density at radius 2 is 1.80 bits per heavy atom. The van der Waals surface area contributed by atoms with E-state index < -0.39 is 0 Å². The number of benzene rings is 1. The molecule has 4 rings (SSSR count). The third kappa shape index (κ3) is 2.95. The fourth-order valence-electron chi connectivity index (χ4n) is 4.41. The van der Waals surface area contributed by atoms with Crippen molar-refractivity contribution in [3.63, 3.8) is 0 Å². The van der Waals surface area contributed by atoms with E-state index in [9.17, 15) is 9.59 Å². The molecular weight excluding hydrogens is 314 g/mol. The molecule has 3 aliphatic rings. The molecule has 1 aromatic carbocycles. The third-order valence-electron chi connectivity index (χ3n) is 5.93. The summed E-state index contributed by atoms with van der Waals surface area (Å²) in [5.41, 5.74) is 2.59. The number of fused-ring (bicyclic) bond motifs is 2.